The van der Waals surface area contributed by atoms with Gasteiger partial charge in [0.25, 0.3) is 0 Å². The van der Waals surface area contributed by atoms with Gasteiger partial charge in [-0.2, -0.15) is 5.10 Å². The Bertz CT molecular complexity index is 692. The number of carbonyl (C=O) groups is 1. The SMILES string of the molecule is O=C(NCc1nc(-c2cnccn2)n[nH]1)[C@@H]1CC12CCCCC2. The van der Waals surface area contributed by atoms with E-state index in [1.807, 2.05) is 0 Å². The molecule has 1 atom stereocenters. The van der Waals surface area contributed by atoms with Crippen molar-refractivity contribution < 1.29 is 4.79 Å². The predicted octanol–water partition coefficient (Wildman–Crippen LogP) is 1.85. The highest BCUT2D eigenvalue weighted by molar-refractivity contribution is 5.82. The molecule has 2 heterocycles. The molecule has 4 rings (SSSR count). The van der Waals surface area contributed by atoms with Crippen LogP contribution in [0.2, 0.25) is 0 Å². The Morgan fingerprint density at radius 1 is 1.30 bits per heavy atom. The van der Waals surface area contributed by atoms with E-state index >= 15 is 0 Å². The number of aromatic nitrogens is 5. The third kappa shape index (κ3) is 2.83. The molecule has 2 aliphatic rings. The molecule has 1 amide bonds. The second-order valence-corrected chi connectivity index (χ2v) is 6.59. The lowest BCUT2D eigenvalue weighted by Gasteiger charge is -2.21. The number of carbonyl (C=O) groups excluding carboxylic acids is 1. The zero-order valence-electron chi connectivity index (χ0n) is 13.0. The van der Waals surface area contributed by atoms with Crippen molar-refractivity contribution in [1.29, 1.82) is 0 Å². The van der Waals surface area contributed by atoms with E-state index in [1.165, 1.54) is 32.1 Å². The van der Waals surface area contributed by atoms with Gasteiger partial charge in [0.2, 0.25) is 11.7 Å². The van der Waals surface area contributed by atoms with Gasteiger partial charge in [0, 0.05) is 18.3 Å². The molecule has 2 aromatic rings. The highest BCUT2D eigenvalue weighted by Crippen LogP contribution is 2.61. The van der Waals surface area contributed by atoms with Gasteiger partial charge in [0.05, 0.1) is 12.7 Å². The number of amides is 1. The predicted molar refractivity (Wildman–Crippen MR) is 82.9 cm³/mol. The maximum absolute atomic E-state index is 12.3. The molecule has 1 spiro atoms. The van der Waals surface area contributed by atoms with Crippen LogP contribution >= 0.6 is 0 Å². The summed E-state index contributed by atoms with van der Waals surface area (Å²) < 4.78 is 0. The maximum atomic E-state index is 12.3. The minimum atomic E-state index is 0.157. The van der Waals surface area contributed by atoms with E-state index in [1.54, 1.807) is 18.6 Å². The van der Waals surface area contributed by atoms with Crippen LogP contribution in [-0.2, 0) is 11.3 Å². The molecule has 0 bridgehead atoms. The molecule has 0 aliphatic heterocycles. The van der Waals surface area contributed by atoms with E-state index in [0.717, 1.165) is 6.42 Å². The third-order valence-electron chi connectivity index (χ3n) is 5.11. The van der Waals surface area contributed by atoms with Gasteiger partial charge in [0.1, 0.15) is 11.5 Å². The van der Waals surface area contributed by atoms with Crippen LogP contribution in [0.1, 0.15) is 44.3 Å². The van der Waals surface area contributed by atoms with Crippen LogP contribution in [0.25, 0.3) is 11.5 Å². The quantitative estimate of drug-likeness (QED) is 0.898. The molecular formula is C16H20N6O. The second kappa shape index (κ2) is 5.72. The Hall–Kier alpha value is -2.31. The fraction of sp³-hybridized carbons (Fsp3) is 0.562. The van der Waals surface area contributed by atoms with Crippen LogP contribution in [0.3, 0.4) is 0 Å². The summed E-state index contributed by atoms with van der Waals surface area (Å²) >= 11 is 0. The van der Waals surface area contributed by atoms with Crippen molar-refractivity contribution in [2.45, 2.75) is 45.1 Å². The van der Waals surface area contributed by atoms with Gasteiger partial charge in [-0.1, -0.05) is 19.3 Å². The number of hydrogen-bond donors (Lipinski definition) is 2. The van der Waals surface area contributed by atoms with Crippen LogP contribution < -0.4 is 5.32 Å². The average Bonchev–Trinajstić information content (AvgIpc) is 3.08. The number of hydrogen-bond acceptors (Lipinski definition) is 5. The molecule has 2 aromatic heterocycles. The fourth-order valence-corrected chi connectivity index (χ4v) is 3.72. The monoisotopic (exact) mass is 312 g/mol. The summed E-state index contributed by atoms with van der Waals surface area (Å²) in [5.74, 6) is 1.49. The number of aromatic amines is 1. The largest absolute Gasteiger partial charge is 0.349 e. The van der Waals surface area contributed by atoms with Gasteiger partial charge in [-0.25, -0.2) is 9.97 Å². The first kappa shape index (κ1) is 14.3. The Kier molecular flexibility index (Phi) is 3.55. The lowest BCUT2D eigenvalue weighted by molar-refractivity contribution is -0.123. The smallest absolute Gasteiger partial charge is 0.224 e. The first-order chi connectivity index (χ1) is 11.3. The lowest BCUT2D eigenvalue weighted by Crippen LogP contribution is -2.28. The second-order valence-electron chi connectivity index (χ2n) is 6.59. The van der Waals surface area contributed by atoms with Gasteiger partial charge < -0.3 is 5.32 Å². The van der Waals surface area contributed by atoms with Crippen LogP contribution in [0.4, 0.5) is 0 Å². The highest BCUT2D eigenvalue weighted by Gasteiger charge is 2.57. The maximum Gasteiger partial charge on any atom is 0.224 e. The van der Waals surface area contributed by atoms with Crippen LogP contribution in [0, 0.1) is 11.3 Å². The molecular weight excluding hydrogens is 292 g/mol. The Morgan fingerprint density at radius 2 is 2.17 bits per heavy atom. The zero-order valence-corrected chi connectivity index (χ0v) is 13.0. The topological polar surface area (TPSA) is 96.5 Å². The number of rotatable bonds is 4. The van der Waals surface area contributed by atoms with Crippen molar-refractivity contribution >= 4 is 5.91 Å². The summed E-state index contributed by atoms with van der Waals surface area (Å²) in [5, 5.41) is 9.95. The summed E-state index contributed by atoms with van der Waals surface area (Å²) in [5.41, 5.74) is 0.929. The zero-order chi connectivity index (χ0) is 15.7. The molecule has 2 saturated carbocycles. The van der Waals surface area contributed by atoms with Crippen molar-refractivity contribution in [3.63, 3.8) is 0 Å². The molecule has 120 valence electrons. The van der Waals surface area contributed by atoms with Crippen LogP contribution in [-0.4, -0.2) is 31.1 Å². The Morgan fingerprint density at radius 3 is 2.96 bits per heavy atom. The average molecular weight is 312 g/mol. The minimum Gasteiger partial charge on any atom is -0.349 e. The summed E-state index contributed by atoms with van der Waals surface area (Å²) in [7, 11) is 0. The molecule has 0 radical (unpaired) electrons. The third-order valence-corrected chi connectivity index (χ3v) is 5.11. The standard InChI is InChI=1S/C16H20N6O/c23-15(11-8-16(11)4-2-1-3-5-16)19-10-13-20-14(22-21-13)12-9-17-6-7-18-12/h6-7,9,11H,1-5,8,10H2,(H,19,23)(H,20,21,22)/t11-/m0/s1. The van der Waals surface area contributed by atoms with Crippen molar-refractivity contribution in [3.8, 4) is 11.5 Å². The lowest BCUT2D eigenvalue weighted by atomic mass is 9.84. The summed E-state index contributed by atoms with van der Waals surface area (Å²) in [4.78, 5) is 24.8. The number of nitrogens with one attached hydrogen (secondary N) is 2. The van der Waals surface area contributed by atoms with E-state index in [4.69, 9.17) is 0 Å². The summed E-state index contributed by atoms with van der Waals surface area (Å²) in [6.07, 6.45) is 12.2. The van der Waals surface area contributed by atoms with Crippen molar-refractivity contribution in [2.24, 2.45) is 11.3 Å². The number of nitrogens with zero attached hydrogens (tertiary/aromatic N) is 4. The summed E-state index contributed by atoms with van der Waals surface area (Å²) in [6, 6.07) is 0. The normalized spacial score (nSPS) is 22.0. The van der Waals surface area contributed by atoms with Crippen molar-refractivity contribution in [1.82, 2.24) is 30.5 Å². The van der Waals surface area contributed by atoms with Gasteiger partial charge >= 0.3 is 0 Å². The van der Waals surface area contributed by atoms with Crippen LogP contribution in [0.5, 0.6) is 0 Å². The van der Waals surface area contributed by atoms with Crippen LogP contribution in [0.15, 0.2) is 18.6 Å². The molecule has 0 aromatic carbocycles. The van der Waals surface area contributed by atoms with E-state index in [2.05, 4.69) is 30.5 Å². The van der Waals surface area contributed by atoms with E-state index < -0.39 is 0 Å². The van der Waals surface area contributed by atoms with Crippen molar-refractivity contribution in [2.75, 3.05) is 0 Å². The van der Waals surface area contributed by atoms with E-state index in [0.29, 0.717) is 29.3 Å². The minimum absolute atomic E-state index is 0.157. The molecule has 2 fully saturated rings. The molecule has 0 unspecified atom stereocenters. The van der Waals surface area contributed by atoms with Gasteiger partial charge in [-0.15, -0.1) is 0 Å². The first-order valence-corrected chi connectivity index (χ1v) is 8.22. The number of H-pyrrole nitrogens is 1. The van der Waals surface area contributed by atoms with Gasteiger partial charge in [0.15, 0.2) is 0 Å². The first-order valence-electron chi connectivity index (χ1n) is 8.22. The molecule has 0 saturated heterocycles. The molecule has 7 nitrogen and oxygen atoms in total. The molecule has 23 heavy (non-hydrogen) atoms. The van der Waals surface area contributed by atoms with Crippen molar-refractivity contribution in [3.05, 3.63) is 24.4 Å². The molecule has 2 aliphatic carbocycles. The Balaban J connectivity index is 1.33. The highest BCUT2D eigenvalue weighted by atomic mass is 16.2. The summed E-state index contributed by atoms with van der Waals surface area (Å²) in [6.45, 7) is 0.374. The van der Waals surface area contributed by atoms with E-state index in [-0.39, 0.29) is 11.8 Å². The van der Waals surface area contributed by atoms with Gasteiger partial charge in [-0.05, 0) is 24.7 Å². The molecule has 7 heteroatoms. The van der Waals surface area contributed by atoms with E-state index in [9.17, 15) is 4.79 Å². The fourth-order valence-electron chi connectivity index (χ4n) is 3.72. The van der Waals surface area contributed by atoms with Gasteiger partial charge in [-0.3, -0.25) is 14.9 Å². The molecule has 2 N–H and O–H groups in total. The Labute approximate surface area is 134 Å².